The normalized spacial score (nSPS) is 56.0. The van der Waals surface area contributed by atoms with Gasteiger partial charge in [0.05, 0.1) is 5.60 Å². The molecule has 4 aliphatic rings. The van der Waals surface area contributed by atoms with Crippen LogP contribution in [0.2, 0.25) is 0 Å². The Labute approximate surface area is 139 Å². The lowest BCUT2D eigenvalue weighted by atomic mass is 9.44. The van der Waals surface area contributed by atoms with E-state index in [1.165, 1.54) is 0 Å². The molecule has 0 unspecified atom stereocenters. The molecule has 4 aliphatic carbocycles. The fraction of sp³-hybridized carbons (Fsp3) is 0.900. The third kappa shape index (κ3) is 2.04. The number of rotatable bonds is 0. The number of hydrogen-bond acceptors (Lipinski definition) is 3. The van der Waals surface area contributed by atoms with E-state index in [4.69, 9.17) is 0 Å². The first-order valence-corrected chi connectivity index (χ1v) is 9.46. The van der Waals surface area contributed by atoms with Crippen LogP contribution in [0.15, 0.2) is 0 Å². The van der Waals surface area contributed by atoms with Gasteiger partial charge in [-0.05, 0) is 68.6 Å². The van der Waals surface area contributed by atoms with Crippen LogP contribution in [0.5, 0.6) is 0 Å². The van der Waals surface area contributed by atoms with E-state index in [1.54, 1.807) is 0 Å². The van der Waals surface area contributed by atoms with Crippen molar-refractivity contribution in [1.29, 1.82) is 0 Å². The monoisotopic (exact) mass is 318 g/mol. The molecule has 0 aliphatic heterocycles. The SMILES string of the molecule is C[C@@]1(O)CC[C@@]2(C)[C@@H](CC[C@@H]3[C@@H]2C(=O)C[C@]2(C)C(=O)CC[C@@H]32)C1. The predicted molar refractivity (Wildman–Crippen MR) is 87.7 cm³/mol. The average molecular weight is 318 g/mol. The summed E-state index contributed by atoms with van der Waals surface area (Å²) in [6.45, 7) is 6.32. The molecule has 4 saturated carbocycles. The molecule has 1 N–H and O–H groups in total. The molecule has 0 aromatic carbocycles. The number of Topliss-reactive ketones (excluding diaryl/α,β-unsaturated/α-hetero) is 2. The number of fused-ring (bicyclic) bond motifs is 5. The van der Waals surface area contributed by atoms with Crippen LogP contribution < -0.4 is 0 Å². The highest BCUT2D eigenvalue weighted by molar-refractivity contribution is 5.95. The zero-order valence-corrected chi connectivity index (χ0v) is 14.7. The van der Waals surface area contributed by atoms with Crippen molar-refractivity contribution in [2.75, 3.05) is 0 Å². The Morgan fingerprint density at radius 3 is 2.52 bits per heavy atom. The van der Waals surface area contributed by atoms with Crippen LogP contribution >= 0.6 is 0 Å². The highest BCUT2D eigenvalue weighted by atomic mass is 16.3. The van der Waals surface area contributed by atoms with Crippen LogP contribution in [-0.4, -0.2) is 22.3 Å². The van der Waals surface area contributed by atoms with Crippen molar-refractivity contribution in [2.24, 2.45) is 34.5 Å². The fourth-order valence-electron chi connectivity index (χ4n) is 7.03. The van der Waals surface area contributed by atoms with Gasteiger partial charge in [0.25, 0.3) is 0 Å². The zero-order valence-electron chi connectivity index (χ0n) is 14.7. The van der Waals surface area contributed by atoms with Gasteiger partial charge in [0.15, 0.2) is 0 Å². The van der Waals surface area contributed by atoms with Gasteiger partial charge >= 0.3 is 0 Å². The minimum Gasteiger partial charge on any atom is -0.390 e. The van der Waals surface area contributed by atoms with Gasteiger partial charge in [0.2, 0.25) is 0 Å². The van der Waals surface area contributed by atoms with E-state index in [1.807, 2.05) is 6.92 Å². The molecule has 7 atom stereocenters. The number of carbonyl (C=O) groups is 2. The number of carbonyl (C=O) groups excluding carboxylic acids is 2. The molecule has 0 spiro atoms. The predicted octanol–water partition coefficient (Wildman–Crippen LogP) is 3.53. The first-order chi connectivity index (χ1) is 10.7. The lowest BCUT2D eigenvalue weighted by molar-refractivity contribution is -0.168. The van der Waals surface area contributed by atoms with Crippen molar-refractivity contribution in [3.8, 4) is 0 Å². The molecule has 0 saturated heterocycles. The molecule has 3 nitrogen and oxygen atoms in total. The third-order valence-electron chi connectivity index (χ3n) is 8.35. The summed E-state index contributed by atoms with van der Waals surface area (Å²) in [7, 11) is 0. The first kappa shape index (κ1) is 15.8. The van der Waals surface area contributed by atoms with Gasteiger partial charge in [-0.1, -0.05) is 13.8 Å². The van der Waals surface area contributed by atoms with Crippen LogP contribution in [0.4, 0.5) is 0 Å². The van der Waals surface area contributed by atoms with Crippen molar-refractivity contribution < 1.29 is 14.7 Å². The molecular formula is C20H30O3. The van der Waals surface area contributed by atoms with Crippen molar-refractivity contribution in [3.05, 3.63) is 0 Å². The summed E-state index contributed by atoms with van der Waals surface area (Å²) in [6.07, 6.45) is 6.90. The number of aliphatic hydroxyl groups is 1. The van der Waals surface area contributed by atoms with E-state index in [-0.39, 0.29) is 16.7 Å². The van der Waals surface area contributed by atoms with Gasteiger partial charge < -0.3 is 5.11 Å². The molecule has 0 heterocycles. The van der Waals surface area contributed by atoms with E-state index in [0.29, 0.717) is 42.2 Å². The smallest absolute Gasteiger partial charge is 0.139 e. The lowest BCUT2D eigenvalue weighted by Gasteiger charge is -2.60. The second-order valence-electron chi connectivity index (χ2n) is 9.75. The van der Waals surface area contributed by atoms with Crippen LogP contribution in [0.25, 0.3) is 0 Å². The van der Waals surface area contributed by atoms with Gasteiger partial charge in [-0.25, -0.2) is 0 Å². The Morgan fingerprint density at radius 1 is 1.04 bits per heavy atom. The second kappa shape index (κ2) is 4.68. The van der Waals surface area contributed by atoms with Crippen molar-refractivity contribution in [1.82, 2.24) is 0 Å². The average Bonchev–Trinajstić information content (AvgIpc) is 2.75. The molecule has 3 heteroatoms. The lowest BCUT2D eigenvalue weighted by Crippen LogP contribution is -2.58. The maximum Gasteiger partial charge on any atom is 0.139 e. The molecular weight excluding hydrogens is 288 g/mol. The molecule has 0 bridgehead atoms. The largest absolute Gasteiger partial charge is 0.390 e. The Morgan fingerprint density at radius 2 is 1.78 bits per heavy atom. The Balaban J connectivity index is 1.70. The Bertz CT molecular complexity index is 565. The molecule has 0 amide bonds. The molecule has 0 aromatic heterocycles. The summed E-state index contributed by atoms with van der Waals surface area (Å²) in [5, 5.41) is 10.5. The Hall–Kier alpha value is -0.700. The van der Waals surface area contributed by atoms with E-state index >= 15 is 0 Å². The number of hydrogen-bond donors (Lipinski definition) is 1. The van der Waals surface area contributed by atoms with Gasteiger partial charge in [-0.3, -0.25) is 9.59 Å². The van der Waals surface area contributed by atoms with Gasteiger partial charge in [0, 0.05) is 24.2 Å². The van der Waals surface area contributed by atoms with Crippen LogP contribution in [-0.2, 0) is 9.59 Å². The van der Waals surface area contributed by atoms with E-state index in [2.05, 4.69) is 13.8 Å². The fourth-order valence-corrected chi connectivity index (χ4v) is 7.03. The summed E-state index contributed by atoms with van der Waals surface area (Å²) in [5.41, 5.74) is -0.899. The van der Waals surface area contributed by atoms with Crippen molar-refractivity contribution >= 4 is 11.6 Å². The van der Waals surface area contributed by atoms with E-state index in [9.17, 15) is 14.7 Å². The van der Waals surface area contributed by atoms with Crippen LogP contribution in [0, 0.1) is 34.5 Å². The van der Waals surface area contributed by atoms with Gasteiger partial charge in [-0.2, -0.15) is 0 Å². The van der Waals surface area contributed by atoms with Crippen LogP contribution in [0.1, 0.15) is 72.1 Å². The van der Waals surface area contributed by atoms with Gasteiger partial charge in [0.1, 0.15) is 11.6 Å². The van der Waals surface area contributed by atoms with E-state index in [0.717, 1.165) is 38.5 Å². The zero-order chi connectivity index (χ0) is 16.6. The molecule has 0 aromatic rings. The van der Waals surface area contributed by atoms with Crippen molar-refractivity contribution in [3.63, 3.8) is 0 Å². The topological polar surface area (TPSA) is 54.4 Å². The minimum absolute atomic E-state index is 0.0369. The second-order valence-corrected chi connectivity index (χ2v) is 9.75. The minimum atomic E-state index is -0.563. The van der Waals surface area contributed by atoms with Crippen molar-refractivity contribution in [2.45, 2.75) is 77.7 Å². The molecule has 23 heavy (non-hydrogen) atoms. The highest BCUT2D eigenvalue weighted by Crippen LogP contribution is 2.65. The third-order valence-corrected chi connectivity index (χ3v) is 8.35. The Kier molecular flexibility index (Phi) is 3.22. The van der Waals surface area contributed by atoms with Crippen LogP contribution in [0.3, 0.4) is 0 Å². The maximum atomic E-state index is 13.1. The number of ketones is 2. The highest BCUT2D eigenvalue weighted by Gasteiger charge is 2.63. The quantitative estimate of drug-likeness (QED) is 0.743. The van der Waals surface area contributed by atoms with Gasteiger partial charge in [-0.15, -0.1) is 0 Å². The molecule has 4 fully saturated rings. The summed E-state index contributed by atoms with van der Waals surface area (Å²) in [5.74, 6) is 2.07. The maximum absolute atomic E-state index is 13.1. The molecule has 0 radical (unpaired) electrons. The van der Waals surface area contributed by atoms with E-state index < -0.39 is 5.60 Å². The summed E-state index contributed by atoms with van der Waals surface area (Å²) < 4.78 is 0. The summed E-state index contributed by atoms with van der Waals surface area (Å²) >= 11 is 0. The summed E-state index contributed by atoms with van der Waals surface area (Å²) in [4.78, 5) is 25.5. The summed E-state index contributed by atoms with van der Waals surface area (Å²) in [6, 6.07) is 0. The molecule has 128 valence electrons. The molecule has 4 rings (SSSR count). The standard InChI is InChI=1S/C20H30O3/c1-18(23)8-9-19(2)12(10-18)4-5-13-14-6-7-16(22)20(14,3)11-15(21)17(13)19/h12-14,17,23H,4-11H2,1-3H3/t12-,13-,14-,17+,18+,19-,20-/m0/s1. The first-order valence-electron chi connectivity index (χ1n) is 9.46.